The van der Waals surface area contributed by atoms with Gasteiger partial charge in [0.15, 0.2) is 0 Å². The van der Waals surface area contributed by atoms with Gasteiger partial charge in [-0.25, -0.2) is 0 Å². The van der Waals surface area contributed by atoms with Crippen molar-refractivity contribution in [3.63, 3.8) is 0 Å². The van der Waals surface area contributed by atoms with Crippen molar-refractivity contribution in [2.24, 2.45) is 0 Å². The van der Waals surface area contributed by atoms with Gasteiger partial charge < -0.3 is 15.2 Å². The molecule has 5 heteroatoms. The van der Waals surface area contributed by atoms with Gasteiger partial charge in [-0.3, -0.25) is 9.59 Å². The summed E-state index contributed by atoms with van der Waals surface area (Å²) in [6, 6.07) is 7.36. The first-order valence-corrected chi connectivity index (χ1v) is 6.43. The van der Waals surface area contributed by atoms with Crippen molar-refractivity contribution in [1.29, 1.82) is 0 Å². The van der Waals surface area contributed by atoms with Crippen molar-refractivity contribution in [1.82, 2.24) is 5.32 Å². The average Bonchev–Trinajstić information content (AvgIpc) is 2.45. The SMILES string of the molecule is COc1ccc(/C=C/C(=O)NCCCCC(=O)O)cc1. The van der Waals surface area contributed by atoms with Crippen LogP contribution in [-0.2, 0) is 9.59 Å². The van der Waals surface area contributed by atoms with Crippen LogP contribution >= 0.6 is 0 Å². The highest BCUT2D eigenvalue weighted by Gasteiger charge is 1.98. The number of carboxylic acids is 1. The predicted octanol–water partition coefficient (Wildman–Crippen LogP) is 2.08. The number of aliphatic carboxylic acids is 1. The number of carbonyl (C=O) groups is 2. The van der Waals surface area contributed by atoms with Crippen molar-refractivity contribution in [2.75, 3.05) is 13.7 Å². The summed E-state index contributed by atoms with van der Waals surface area (Å²) in [5, 5.41) is 11.2. The Hall–Kier alpha value is -2.30. The molecule has 0 bridgehead atoms. The summed E-state index contributed by atoms with van der Waals surface area (Å²) in [7, 11) is 1.60. The van der Waals surface area contributed by atoms with Crippen LogP contribution in [0.15, 0.2) is 30.3 Å². The summed E-state index contributed by atoms with van der Waals surface area (Å²) in [5.74, 6) is -0.225. The molecule has 20 heavy (non-hydrogen) atoms. The Morgan fingerprint density at radius 2 is 1.95 bits per heavy atom. The maximum Gasteiger partial charge on any atom is 0.303 e. The first kappa shape index (κ1) is 15.8. The number of ether oxygens (including phenoxy) is 1. The van der Waals surface area contributed by atoms with Gasteiger partial charge in [-0.2, -0.15) is 0 Å². The number of hydrogen-bond acceptors (Lipinski definition) is 3. The van der Waals surface area contributed by atoms with Gasteiger partial charge in [0.2, 0.25) is 5.91 Å². The number of carboxylic acid groups (broad SMARTS) is 1. The third kappa shape index (κ3) is 6.58. The van der Waals surface area contributed by atoms with Crippen LogP contribution in [0.3, 0.4) is 0 Å². The van der Waals surface area contributed by atoms with Gasteiger partial charge in [0.1, 0.15) is 5.75 Å². The molecule has 0 aliphatic heterocycles. The van der Waals surface area contributed by atoms with Crippen molar-refractivity contribution in [3.05, 3.63) is 35.9 Å². The van der Waals surface area contributed by atoms with Gasteiger partial charge in [0.25, 0.3) is 0 Å². The molecule has 0 saturated heterocycles. The van der Waals surface area contributed by atoms with Gasteiger partial charge in [0, 0.05) is 19.0 Å². The van der Waals surface area contributed by atoms with E-state index in [2.05, 4.69) is 5.32 Å². The van der Waals surface area contributed by atoms with Gasteiger partial charge in [-0.15, -0.1) is 0 Å². The normalized spacial score (nSPS) is 10.4. The molecule has 0 aliphatic rings. The Kier molecular flexibility index (Phi) is 6.89. The second-order valence-electron chi connectivity index (χ2n) is 4.25. The van der Waals surface area contributed by atoms with E-state index in [9.17, 15) is 9.59 Å². The molecule has 0 atom stereocenters. The molecular formula is C15H19NO4. The van der Waals surface area contributed by atoms with Crippen molar-refractivity contribution < 1.29 is 19.4 Å². The van der Waals surface area contributed by atoms with E-state index in [-0.39, 0.29) is 12.3 Å². The van der Waals surface area contributed by atoms with Gasteiger partial charge >= 0.3 is 5.97 Å². The molecule has 1 amide bonds. The molecule has 108 valence electrons. The summed E-state index contributed by atoms with van der Waals surface area (Å²) in [6.07, 6.45) is 4.54. The van der Waals surface area contributed by atoms with E-state index in [0.717, 1.165) is 11.3 Å². The molecule has 0 aromatic heterocycles. The molecule has 0 aliphatic carbocycles. The van der Waals surface area contributed by atoms with Crippen molar-refractivity contribution >= 4 is 18.0 Å². The first-order valence-electron chi connectivity index (χ1n) is 6.43. The lowest BCUT2D eigenvalue weighted by Crippen LogP contribution is -2.22. The summed E-state index contributed by atoms with van der Waals surface area (Å²) >= 11 is 0. The Balaban J connectivity index is 2.26. The number of carbonyl (C=O) groups excluding carboxylic acids is 1. The first-order chi connectivity index (χ1) is 9.61. The molecule has 1 aromatic rings. The van der Waals surface area contributed by atoms with Gasteiger partial charge in [-0.1, -0.05) is 12.1 Å². The molecule has 0 heterocycles. The standard InChI is InChI=1S/C15H19NO4/c1-20-13-8-5-12(6-9-13)7-10-14(17)16-11-3-2-4-15(18)19/h5-10H,2-4,11H2,1H3,(H,16,17)(H,18,19)/b10-7+. The highest BCUT2D eigenvalue weighted by molar-refractivity contribution is 5.91. The topological polar surface area (TPSA) is 75.6 Å². The van der Waals surface area contributed by atoms with Crippen LogP contribution in [0.5, 0.6) is 5.75 Å². The Morgan fingerprint density at radius 1 is 1.25 bits per heavy atom. The number of hydrogen-bond donors (Lipinski definition) is 2. The molecule has 2 N–H and O–H groups in total. The Morgan fingerprint density at radius 3 is 2.55 bits per heavy atom. The number of unbranched alkanes of at least 4 members (excludes halogenated alkanes) is 1. The number of methoxy groups -OCH3 is 1. The monoisotopic (exact) mass is 277 g/mol. The second-order valence-corrected chi connectivity index (χ2v) is 4.25. The predicted molar refractivity (Wildman–Crippen MR) is 76.5 cm³/mol. The van der Waals surface area contributed by atoms with E-state index in [4.69, 9.17) is 9.84 Å². The lowest BCUT2D eigenvalue weighted by molar-refractivity contribution is -0.137. The van der Waals surface area contributed by atoms with Crippen molar-refractivity contribution in [3.8, 4) is 5.75 Å². The summed E-state index contributed by atoms with van der Waals surface area (Å²) in [5.41, 5.74) is 0.909. The smallest absolute Gasteiger partial charge is 0.303 e. The van der Waals surface area contributed by atoms with Crippen molar-refractivity contribution in [2.45, 2.75) is 19.3 Å². The minimum absolute atomic E-state index is 0.136. The Labute approximate surface area is 118 Å². The molecule has 1 aromatic carbocycles. The number of nitrogens with one attached hydrogen (secondary N) is 1. The third-order valence-corrected chi connectivity index (χ3v) is 2.66. The van der Waals surface area contributed by atoms with E-state index in [1.54, 1.807) is 13.2 Å². The number of rotatable bonds is 8. The van der Waals surface area contributed by atoms with Crippen LogP contribution in [0.25, 0.3) is 6.08 Å². The van der Waals surface area contributed by atoms with Gasteiger partial charge in [-0.05, 0) is 36.6 Å². The molecule has 0 radical (unpaired) electrons. The van der Waals surface area contributed by atoms with E-state index < -0.39 is 5.97 Å². The fourth-order valence-corrected chi connectivity index (χ4v) is 1.56. The largest absolute Gasteiger partial charge is 0.497 e. The van der Waals surface area contributed by atoms with Crippen LogP contribution in [-0.4, -0.2) is 30.6 Å². The second kappa shape index (κ2) is 8.74. The molecule has 0 unspecified atom stereocenters. The quantitative estimate of drug-likeness (QED) is 0.563. The molecular weight excluding hydrogens is 258 g/mol. The van der Waals surface area contributed by atoms with E-state index in [1.807, 2.05) is 24.3 Å². The minimum atomic E-state index is -0.810. The molecule has 0 fully saturated rings. The zero-order valence-corrected chi connectivity index (χ0v) is 11.5. The maximum atomic E-state index is 11.5. The van der Waals surface area contributed by atoms with Crippen LogP contribution in [0.4, 0.5) is 0 Å². The lowest BCUT2D eigenvalue weighted by Gasteiger charge is -2.01. The van der Waals surface area contributed by atoms with E-state index in [0.29, 0.717) is 19.4 Å². The average molecular weight is 277 g/mol. The maximum absolute atomic E-state index is 11.5. The molecule has 1 rings (SSSR count). The minimum Gasteiger partial charge on any atom is -0.497 e. The zero-order valence-electron chi connectivity index (χ0n) is 11.5. The van der Waals surface area contributed by atoms with Crippen LogP contribution in [0.1, 0.15) is 24.8 Å². The summed E-state index contributed by atoms with van der Waals surface area (Å²) in [4.78, 5) is 21.8. The fourth-order valence-electron chi connectivity index (χ4n) is 1.56. The number of amides is 1. The molecule has 0 spiro atoms. The summed E-state index contributed by atoms with van der Waals surface area (Å²) < 4.78 is 5.04. The van der Waals surface area contributed by atoms with Crippen LogP contribution < -0.4 is 10.1 Å². The fraction of sp³-hybridized carbons (Fsp3) is 0.333. The number of benzene rings is 1. The van der Waals surface area contributed by atoms with Gasteiger partial charge in [0.05, 0.1) is 7.11 Å². The highest BCUT2D eigenvalue weighted by atomic mass is 16.5. The zero-order chi connectivity index (χ0) is 14.8. The third-order valence-electron chi connectivity index (χ3n) is 2.66. The highest BCUT2D eigenvalue weighted by Crippen LogP contribution is 2.12. The molecule has 0 saturated carbocycles. The van der Waals surface area contributed by atoms with E-state index in [1.165, 1.54) is 6.08 Å². The Bertz CT molecular complexity index is 465. The van der Waals surface area contributed by atoms with E-state index >= 15 is 0 Å². The lowest BCUT2D eigenvalue weighted by atomic mass is 10.2. The van der Waals surface area contributed by atoms with Crippen LogP contribution in [0, 0.1) is 0 Å². The molecule has 5 nitrogen and oxygen atoms in total. The summed E-state index contributed by atoms with van der Waals surface area (Å²) in [6.45, 7) is 0.485. The van der Waals surface area contributed by atoms with Crippen LogP contribution in [0.2, 0.25) is 0 Å².